The van der Waals surface area contributed by atoms with Gasteiger partial charge in [0.25, 0.3) is 0 Å². The second-order valence-electron chi connectivity index (χ2n) is 5.50. The number of halogens is 4. The SMILES string of the molecule is Cc1cc(-c2ccc(C(=O)c3cc(F)c(F)c(O)c3F)s2)cc(Cl)c1O. The molecule has 0 saturated heterocycles. The van der Waals surface area contributed by atoms with Crippen molar-refractivity contribution in [3.05, 3.63) is 68.8 Å². The number of ketones is 1. The number of phenolic OH excluding ortho intramolecular Hbond substituents is 2. The van der Waals surface area contributed by atoms with Crippen LogP contribution in [0.5, 0.6) is 11.5 Å². The first-order valence-electron chi connectivity index (χ1n) is 7.21. The number of carbonyl (C=O) groups excluding carboxylic acids is 1. The van der Waals surface area contributed by atoms with E-state index >= 15 is 0 Å². The van der Waals surface area contributed by atoms with Crippen LogP contribution in [0.4, 0.5) is 13.2 Å². The van der Waals surface area contributed by atoms with Gasteiger partial charge in [0, 0.05) is 4.88 Å². The highest BCUT2D eigenvalue weighted by atomic mass is 35.5. The number of rotatable bonds is 3. The molecule has 0 radical (unpaired) electrons. The summed E-state index contributed by atoms with van der Waals surface area (Å²) < 4.78 is 40.5. The van der Waals surface area contributed by atoms with Gasteiger partial charge < -0.3 is 10.2 Å². The van der Waals surface area contributed by atoms with E-state index in [4.69, 9.17) is 11.6 Å². The van der Waals surface area contributed by atoms with E-state index in [2.05, 4.69) is 0 Å². The zero-order valence-corrected chi connectivity index (χ0v) is 14.7. The third kappa shape index (κ3) is 3.04. The van der Waals surface area contributed by atoms with Crippen LogP contribution in [-0.4, -0.2) is 16.0 Å². The lowest BCUT2D eigenvalue weighted by Crippen LogP contribution is -2.05. The van der Waals surface area contributed by atoms with E-state index in [-0.39, 0.29) is 15.6 Å². The molecule has 0 aliphatic heterocycles. The molecule has 1 heterocycles. The van der Waals surface area contributed by atoms with E-state index in [1.54, 1.807) is 19.1 Å². The smallest absolute Gasteiger partial charge is 0.206 e. The molecule has 0 unspecified atom stereocenters. The Bertz CT molecular complexity index is 1020. The van der Waals surface area contributed by atoms with Crippen molar-refractivity contribution in [2.75, 3.05) is 0 Å². The Balaban J connectivity index is 2.02. The highest BCUT2D eigenvalue weighted by molar-refractivity contribution is 7.17. The molecule has 3 aromatic rings. The van der Waals surface area contributed by atoms with Crippen LogP contribution in [0.2, 0.25) is 5.02 Å². The molecule has 26 heavy (non-hydrogen) atoms. The number of hydrogen-bond donors (Lipinski definition) is 2. The maximum Gasteiger partial charge on any atom is 0.206 e. The molecule has 0 aliphatic rings. The van der Waals surface area contributed by atoms with Crippen molar-refractivity contribution in [2.45, 2.75) is 6.92 Å². The normalized spacial score (nSPS) is 11.0. The van der Waals surface area contributed by atoms with Crippen LogP contribution < -0.4 is 0 Å². The van der Waals surface area contributed by atoms with Crippen molar-refractivity contribution in [1.82, 2.24) is 0 Å². The Hall–Kier alpha value is -2.51. The molecule has 2 aromatic carbocycles. The fourth-order valence-electron chi connectivity index (χ4n) is 2.38. The summed E-state index contributed by atoms with van der Waals surface area (Å²) in [6.07, 6.45) is 0. The van der Waals surface area contributed by atoms with Crippen LogP contribution in [0, 0.1) is 24.4 Å². The minimum absolute atomic E-state index is 0.0531. The number of hydrogen-bond acceptors (Lipinski definition) is 4. The van der Waals surface area contributed by atoms with Gasteiger partial charge in [0.05, 0.1) is 15.5 Å². The zero-order valence-electron chi connectivity index (χ0n) is 13.1. The van der Waals surface area contributed by atoms with Crippen molar-refractivity contribution >= 4 is 28.7 Å². The van der Waals surface area contributed by atoms with Gasteiger partial charge in [-0.2, -0.15) is 4.39 Å². The third-order valence-electron chi connectivity index (χ3n) is 3.75. The molecule has 0 bridgehead atoms. The second kappa shape index (κ2) is 6.66. The van der Waals surface area contributed by atoms with Crippen LogP contribution in [0.25, 0.3) is 10.4 Å². The summed E-state index contributed by atoms with van der Waals surface area (Å²) in [5, 5.41) is 19.1. The second-order valence-corrected chi connectivity index (χ2v) is 6.99. The molecule has 0 spiro atoms. The van der Waals surface area contributed by atoms with Gasteiger partial charge >= 0.3 is 0 Å². The number of aromatic hydroxyl groups is 2. The van der Waals surface area contributed by atoms with E-state index < -0.39 is 34.5 Å². The molecule has 2 N–H and O–H groups in total. The monoisotopic (exact) mass is 398 g/mol. The first kappa shape index (κ1) is 18.3. The maximum absolute atomic E-state index is 13.9. The fraction of sp³-hybridized carbons (Fsp3) is 0.0556. The Labute approximate surface area is 154 Å². The van der Waals surface area contributed by atoms with Gasteiger partial charge in [-0.15, -0.1) is 11.3 Å². The fourth-order valence-corrected chi connectivity index (χ4v) is 3.60. The zero-order chi connectivity index (χ0) is 19.2. The summed E-state index contributed by atoms with van der Waals surface area (Å²) in [4.78, 5) is 13.1. The molecule has 0 aliphatic carbocycles. The van der Waals surface area contributed by atoms with E-state index in [9.17, 15) is 28.2 Å². The average Bonchev–Trinajstić information content (AvgIpc) is 3.10. The number of carbonyl (C=O) groups is 1. The molecule has 0 atom stereocenters. The summed E-state index contributed by atoms with van der Waals surface area (Å²) in [6.45, 7) is 1.66. The molecular weight excluding hydrogens is 389 g/mol. The maximum atomic E-state index is 13.9. The van der Waals surface area contributed by atoms with Gasteiger partial charge in [0.2, 0.25) is 11.6 Å². The summed E-state index contributed by atoms with van der Waals surface area (Å²) in [5.41, 5.74) is 0.392. The highest BCUT2D eigenvalue weighted by Gasteiger charge is 2.24. The minimum Gasteiger partial charge on any atom is -0.506 e. The first-order valence-corrected chi connectivity index (χ1v) is 8.40. The van der Waals surface area contributed by atoms with E-state index in [1.165, 1.54) is 12.1 Å². The lowest BCUT2D eigenvalue weighted by molar-refractivity contribution is 0.103. The van der Waals surface area contributed by atoms with Gasteiger partial charge in [-0.3, -0.25) is 4.79 Å². The van der Waals surface area contributed by atoms with E-state index in [0.717, 1.165) is 11.3 Å². The Morgan fingerprint density at radius 1 is 1.04 bits per heavy atom. The van der Waals surface area contributed by atoms with E-state index in [1.807, 2.05) is 0 Å². The molecule has 0 fully saturated rings. The average molecular weight is 399 g/mol. The summed E-state index contributed by atoms with van der Waals surface area (Å²) in [6, 6.07) is 6.56. The lowest BCUT2D eigenvalue weighted by Gasteiger charge is -2.05. The minimum atomic E-state index is -1.75. The molecule has 3 nitrogen and oxygen atoms in total. The number of phenols is 2. The van der Waals surface area contributed by atoms with Gasteiger partial charge in [-0.1, -0.05) is 11.6 Å². The van der Waals surface area contributed by atoms with Crippen LogP contribution >= 0.6 is 22.9 Å². The Kier molecular flexibility index (Phi) is 4.68. The topological polar surface area (TPSA) is 57.5 Å². The van der Waals surface area contributed by atoms with Crippen LogP contribution in [0.1, 0.15) is 20.8 Å². The van der Waals surface area contributed by atoms with Crippen molar-refractivity contribution in [1.29, 1.82) is 0 Å². The number of aryl methyl sites for hydroxylation is 1. The Morgan fingerprint density at radius 3 is 2.38 bits per heavy atom. The quantitative estimate of drug-likeness (QED) is 0.456. The molecular formula is C18H10ClF3O3S. The van der Waals surface area contributed by atoms with Crippen LogP contribution in [0.15, 0.2) is 30.3 Å². The third-order valence-corrected chi connectivity index (χ3v) is 5.17. The first-order chi connectivity index (χ1) is 12.2. The lowest BCUT2D eigenvalue weighted by atomic mass is 10.1. The van der Waals surface area contributed by atoms with Crippen molar-refractivity contribution in [3.8, 4) is 21.9 Å². The molecule has 1 aromatic heterocycles. The van der Waals surface area contributed by atoms with Crippen LogP contribution in [0.3, 0.4) is 0 Å². The van der Waals surface area contributed by atoms with Crippen LogP contribution in [-0.2, 0) is 0 Å². The number of thiophene rings is 1. The van der Waals surface area contributed by atoms with Crippen molar-refractivity contribution in [2.24, 2.45) is 0 Å². The van der Waals surface area contributed by atoms with E-state index in [0.29, 0.717) is 22.1 Å². The Morgan fingerprint density at radius 2 is 1.73 bits per heavy atom. The molecule has 0 saturated carbocycles. The summed E-state index contributed by atoms with van der Waals surface area (Å²) in [7, 11) is 0. The molecule has 3 rings (SSSR count). The van der Waals surface area contributed by atoms with Gasteiger partial charge in [0.1, 0.15) is 5.75 Å². The highest BCUT2D eigenvalue weighted by Crippen LogP contribution is 2.37. The summed E-state index contributed by atoms with van der Waals surface area (Å²) >= 11 is 6.92. The standard InChI is InChI=1S/C18H10ClF3O3S/c1-7-4-8(5-10(19)16(7)23)12-2-3-13(26-12)17(24)9-6-11(20)15(22)18(25)14(9)21/h2-6,23,25H,1H3. The largest absolute Gasteiger partial charge is 0.506 e. The van der Waals surface area contributed by atoms with Crippen molar-refractivity contribution < 1.29 is 28.2 Å². The summed E-state index contributed by atoms with van der Waals surface area (Å²) in [5.74, 6) is -7.28. The molecule has 8 heteroatoms. The van der Waals surface area contributed by atoms with Crippen molar-refractivity contribution in [3.63, 3.8) is 0 Å². The predicted octanol–water partition coefficient (Wildman–Crippen LogP) is 5.44. The predicted molar refractivity (Wildman–Crippen MR) is 92.6 cm³/mol. The molecule has 134 valence electrons. The van der Waals surface area contributed by atoms with Gasteiger partial charge in [-0.25, -0.2) is 8.78 Å². The van der Waals surface area contributed by atoms with Gasteiger partial charge in [-0.05, 0) is 48.4 Å². The number of benzene rings is 2. The molecule has 0 amide bonds. The van der Waals surface area contributed by atoms with Gasteiger partial charge in [0.15, 0.2) is 17.4 Å².